The van der Waals surface area contributed by atoms with E-state index in [1.54, 1.807) is 0 Å². The van der Waals surface area contributed by atoms with Crippen molar-refractivity contribution in [2.45, 2.75) is 0 Å². The highest BCUT2D eigenvalue weighted by Crippen LogP contribution is 2.53. The van der Waals surface area contributed by atoms with E-state index in [4.69, 9.17) is 0 Å². The molecule has 0 saturated heterocycles. The lowest BCUT2D eigenvalue weighted by atomic mass is 10.0. The van der Waals surface area contributed by atoms with Crippen molar-refractivity contribution in [2.24, 2.45) is 0 Å². The summed E-state index contributed by atoms with van der Waals surface area (Å²) < 4.78 is 0. The van der Waals surface area contributed by atoms with E-state index in [9.17, 15) is 10.5 Å². The smallest absolute Gasteiger partial charge is 0.0992 e. The zero-order chi connectivity index (χ0) is 20.5. The summed E-state index contributed by atoms with van der Waals surface area (Å²) >= 11 is 0. The van der Waals surface area contributed by atoms with Crippen LogP contribution in [0.1, 0.15) is 11.1 Å². The summed E-state index contributed by atoms with van der Waals surface area (Å²) in [5.41, 5.74) is 7.13. The number of nitrogens with zero attached hydrogens (tertiary/aromatic N) is 4. The molecular formula is C26H16N4. The third kappa shape index (κ3) is 2.76. The van der Waals surface area contributed by atoms with Crippen molar-refractivity contribution in [1.29, 1.82) is 10.5 Å². The van der Waals surface area contributed by atoms with Crippen molar-refractivity contribution in [1.82, 2.24) is 0 Å². The van der Waals surface area contributed by atoms with Gasteiger partial charge >= 0.3 is 0 Å². The van der Waals surface area contributed by atoms with Gasteiger partial charge in [-0.1, -0.05) is 36.4 Å². The van der Waals surface area contributed by atoms with Crippen LogP contribution < -0.4 is 9.80 Å². The van der Waals surface area contributed by atoms with Crippen LogP contribution in [0, 0.1) is 22.7 Å². The first-order valence-corrected chi connectivity index (χ1v) is 9.59. The summed E-state index contributed by atoms with van der Waals surface area (Å²) in [5, 5.41) is 18.8. The van der Waals surface area contributed by atoms with Gasteiger partial charge in [-0.2, -0.15) is 10.5 Å². The maximum absolute atomic E-state index is 9.39. The van der Waals surface area contributed by atoms with E-state index >= 15 is 0 Å². The fourth-order valence-electron chi connectivity index (χ4n) is 3.93. The van der Waals surface area contributed by atoms with Crippen LogP contribution in [-0.2, 0) is 0 Å². The van der Waals surface area contributed by atoms with E-state index in [1.807, 2.05) is 72.8 Å². The fraction of sp³-hybridized carbons (Fsp3) is 0. The van der Waals surface area contributed by atoms with Crippen LogP contribution in [0.4, 0.5) is 34.1 Å². The highest BCUT2D eigenvalue weighted by Gasteiger charge is 2.30. The van der Waals surface area contributed by atoms with Crippen LogP contribution in [-0.4, -0.2) is 0 Å². The van der Waals surface area contributed by atoms with E-state index in [-0.39, 0.29) is 0 Å². The molecule has 5 rings (SSSR count). The number of hydrogen-bond donors (Lipinski definition) is 0. The molecule has 1 aliphatic heterocycles. The normalized spacial score (nSPS) is 11.8. The molecule has 1 heterocycles. The zero-order valence-electron chi connectivity index (χ0n) is 16.0. The molecule has 0 atom stereocenters. The molecule has 0 unspecified atom stereocenters. The number of benzene rings is 4. The lowest BCUT2D eigenvalue weighted by Crippen LogP contribution is -2.23. The van der Waals surface area contributed by atoms with Crippen molar-refractivity contribution < 1.29 is 0 Å². The molecule has 0 fully saturated rings. The van der Waals surface area contributed by atoms with Crippen LogP contribution in [0.25, 0.3) is 0 Å². The minimum absolute atomic E-state index is 0.617. The molecule has 1 aliphatic rings. The van der Waals surface area contributed by atoms with Crippen molar-refractivity contribution in [3.05, 3.63) is 108 Å². The van der Waals surface area contributed by atoms with E-state index in [1.165, 1.54) is 0 Å². The number of nitriles is 2. The van der Waals surface area contributed by atoms with Gasteiger partial charge < -0.3 is 9.80 Å². The Balaban J connectivity index is 1.78. The maximum Gasteiger partial charge on any atom is 0.0992 e. The second-order valence-corrected chi connectivity index (χ2v) is 6.97. The number of rotatable bonds is 2. The van der Waals surface area contributed by atoms with Gasteiger partial charge in [0.25, 0.3) is 0 Å². The summed E-state index contributed by atoms with van der Waals surface area (Å²) in [6.45, 7) is 0. The van der Waals surface area contributed by atoms with Crippen molar-refractivity contribution >= 4 is 34.1 Å². The molecule has 0 spiro atoms. The summed E-state index contributed by atoms with van der Waals surface area (Å²) in [6, 6.07) is 36.1. The van der Waals surface area contributed by atoms with E-state index < -0.39 is 0 Å². The minimum Gasteiger partial charge on any atom is -0.306 e. The summed E-state index contributed by atoms with van der Waals surface area (Å²) in [5.74, 6) is 0. The predicted molar refractivity (Wildman–Crippen MR) is 119 cm³/mol. The van der Waals surface area contributed by atoms with E-state index in [2.05, 4.69) is 46.2 Å². The number of fused-ring (bicyclic) bond motifs is 2. The highest BCUT2D eigenvalue weighted by atomic mass is 15.3. The van der Waals surface area contributed by atoms with Crippen molar-refractivity contribution in [2.75, 3.05) is 9.80 Å². The van der Waals surface area contributed by atoms with Crippen LogP contribution in [0.15, 0.2) is 97.1 Å². The minimum atomic E-state index is 0.617. The van der Waals surface area contributed by atoms with Crippen molar-refractivity contribution in [3.8, 4) is 12.1 Å². The number of para-hydroxylation sites is 4. The van der Waals surface area contributed by atoms with Gasteiger partial charge in [0, 0.05) is 11.4 Å². The second kappa shape index (κ2) is 7.13. The summed E-state index contributed by atoms with van der Waals surface area (Å²) in [4.78, 5) is 4.35. The molecule has 0 aliphatic carbocycles. The van der Waals surface area contributed by atoms with Crippen LogP contribution >= 0.6 is 0 Å². The topological polar surface area (TPSA) is 54.1 Å². The molecule has 0 bridgehead atoms. The molecule has 0 radical (unpaired) electrons. The Morgan fingerprint density at radius 1 is 0.467 bits per heavy atom. The standard InChI is InChI=1S/C26H16N4/c27-17-19-7-5-9-21(15-19)29-23-11-1-2-12-24(23)30(26-14-4-3-13-25(26)29)22-10-6-8-20(16-22)18-28/h1-16H. The molecule has 4 aromatic rings. The van der Waals surface area contributed by atoms with Crippen LogP contribution in [0.2, 0.25) is 0 Å². The fourth-order valence-corrected chi connectivity index (χ4v) is 3.93. The molecule has 0 N–H and O–H groups in total. The molecule has 4 nitrogen and oxygen atoms in total. The predicted octanol–water partition coefficient (Wildman–Crippen LogP) is 6.68. The molecule has 4 aromatic carbocycles. The third-order valence-corrected chi connectivity index (χ3v) is 5.19. The van der Waals surface area contributed by atoms with Gasteiger partial charge in [-0.15, -0.1) is 0 Å². The largest absolute Gasteiger partial charge is 0.306 e. The Morgan fingerprint density at radius 2 is 0.833 bits per heavy atom. The Morgan fingerprint density at radius 3 is 1.17 bits per heavy atom. The molecule has 0 saturated carbocycles. The molecular weight excluding hydrogens is 368 g/mol. The highest BCUT2D eigenvalue weighted by molar-refractivity contribution is 6.01. The van der Waals surface area contributed by atoms with Crippen molar-refractivity contribution in [3.63, 3.8) is 0 Å². The van der Waals surface area contributed by atoms with E-state index in [0.29, 0.717) is 11.1 Å². The monoisotopic (exact) mass is 384 g/mol. The van der Waals surface area contributed by atoms with Gasteiger partial charge in [-0.3, -0.25) is 0 Å². The lowest BCUT2D eigenvalue weighted by molar-refractivity contribution is 1.17. The molecule has 0 amide bonds. The number of anilines is 6. The average Bonchev–Trinajstić information content (AvgIpc) is 2.82. The lowest BCUT2D eigenvalue weighted by Gasteiger charge is -2.40. The maximum atomic E-state index is 9.39. The SMILES string of the molecule is N#Cc1cccc(N2c3ccccc3N(c3cccc(C#N)c3)c3ccccc32)c1. The Labute approximate surface area is 175 Å². The average molecular weight is 384 g/mol. The first kappa shape index (κ1) is 17.6. The molecule has 140 valence electrons. The zero-order valence-corrected chi connectivity index (χ0v) is 16.0. The Kier molecular flexibility index (Phi) is 4.17. The molecule has 0 aromatic heterocycles. The van der Waals surface area contributed by atoms with Gasteiger partial charge in [0.05, 0.1) is 46.0 Å². The molecule has 4 heteroatoms. The van der Waals surface area contributed by atoms with Gasteiger partial charge in [0.15, 0.2) is 0 Å². The van der Waals surface area contributed by atoms with Gasteiger partial charge in [-0.05, 0) is 60.7 Å². The Bertz CT molecular complexity index is 1190. The number of hydrogen-bond acceptors (Lipinski definition) is 4. The molecule has 30 heavy (non-hydrogen) atoms. The van der Waals surface area contributed by atoms with Crippen LogP contribution in [0.3, 0.4) is 0 Å². The van der Waals surface area contributed by atoms with E-state index in [0.717, 1.165) is 34.1 Å². The van der Waals surface area contributed by atoms with Crippen LogP contribution in [0.5, 0.6) is 0 Å². The summed E-state index contributed by atoms with van der Waals surface area (Å²) in [7, 11) is 0. The van der Waals surface area contributed by atoms with Gasteiger partial charge in [0.2, 0.25) is 0 Å². The third-order valence-electron chi connectivity index (χ3n) is 5.19. The summed E-state index contributed by atoms with van der Waals surface area (Å²) in [6.07, 6.45) is 0. The quantitative estimate of drug-likeness (QED) is 0.340. The first-order valence-electron chi connectivity index (χ1n) is 9.59. The van der Waals surface area contributed by atoms with Gasteiger partial charge in [0.1, 0.15) is 0 Å². The Hall–Kier alpha value is -4.54. The first-order chi connectivity index (χ1) is 14.8. The second-order valence-electron chi connectivity index (χ2n) is 6.97. The van der Waals surface area contributed by atoms with Gasteiger partial charge in [-0.25, -0.2) is 0 Å².